The van der Waals surface area contributed by atoms with Crippen molar-refractivity contribution in [3.63, 3.8) is 0 Å². The predicted molar refractivity (Wildman–Crippen MR) is 285 cm³/mol. The third-order valence-electron chi connectivity index (χ3n) is 13.8. The van der Waals surface area contributed by atoms with Crippen molar-refractivity contribution in [2.75, 3.05) is 21.3 Å². The average Bonchev–Trinajstić information content (AvgIpc) is 3.89. The molecule has 0 saturated carbocycles. The first-order chi connectivity index (χ1) is 32.0. The molecule has 4 N–H and O–H groups in total. The molecular weight excluding hydrogens is 905 g/mol. The van der Waals surface area contributed by atoms with Gasteiger partial charge in [-0.25, -0.2) is 16.8 Å². The van der Waals surface area contributed by atoms with E-state index in [9.17, 15) is 25.9 Å². The molecule has 0 aliphatic carbocycles. The SMILES string of the molecule is CCCCCCCCCCCCCCCCCCCCC1(S(=O)(=O)[O-])Nc2ccccc2N1.CCCCCCCCCCCCCCCCCCCCC1(S(=O)(=O)[O-])Nc2ccccc2N1.[Ca+2]. The van der Waals surface area contributed by atoms with Crippen LogP contribution in [0, 0.1) is 0 Å². The quantitative estimate of drug-likeness (QED) is 0.0287. The van der Waals surface area contributed by atoms with Gasteiger partial charge in [0.15, 0.2) is 0 Å². The first-order valence-electron chi connectivity index (χ1n) is 27.2. The molecule has 0 saturated heterocycles. The van der Waals surface area contributed by atoms with E-state index in [1.807, 2.05) is 24.3 Å². The van der Waals surface area contributed by atoms with Gasteiger partial charge in [-0.15, -0.1) is 0 Å². The number of para-hydroxylation sites is 4. The van der Waals surface area contributed by atoms with Gasteiger partial charge in [0.25, 0.3) is 0 Å². The Morgan fingerprint density at radius 3 is 0.657 bits per heavy atom. The number of rotatable bonds is 40. The van der Waals surface area contributed by atoms with E-state index in [0.29, 0.717) is 35.6 Å². The Balaban J connectivity index is 0.000000453. The fraction of sp³-hybridized carbons (Fsp3) is 0.778. The zero-order valence-corrected chi connectivity index (χ0v) is 46.3. The molecule has 0 bridgehead atoms. The van der Waals surface area contributed by atoms with Crippen LogP contribution in [0.3, 0.4) is 0 Å². The van der Waals surface area contributed by atoms with E-state index in [0.717, 1.165) is 25.7 Å². The monoisotopic (exact) mass is 999 g/mol. The molecule has 380 valence electrons. The van der Waals surface area contributed by atoms with E-state index in [2.05, 4.69) is 35.1 Å². The van der Waals surface area contributed by atoms with Gasteiger partial charge in [-0.1, -0.05) is 256 Å². The molecule has 2 aromatic rings. The van der Waals surface area contributed by atoms with E-state index in [1.165, 1.54) is 193 Å². The zero-order valence-electron chi connectivity index (χ0n) is 42.5. The van der Waals surface area contributed by atoms with Crippen LogP contribution in [0.25, 0.3) is 0 Å². The molecule has 67 heavy (non-hydrogen) atoms. The molecule has 2 heterocycles. The number of anilines is 4. The molecule has 0 radical (unpaired) electrons. The third kappa shape index (κ3) is 25.1. The Hall–Kier alpha value is -1.28. The smallest absolute Gasteiger partial charge is 0.745 e. The summed E-state index contributed by atoms with van der Waals surface area (Å²) in [5.74, 6) is 0. The molecule has 0 aromatic heterocycles. The molecule has 0 fully saturated rings. The second-order valence-electron chi connectivity index (χ2n) is 19.7. The van der Waals surface area contributed by atoms with E-state index in [4.69, 9.17) is 0 Å². The Labute approximate surface area is 440 Å². The predicted octanol–water partition coefficient (Wildman–Crippen LogP) is 15.9. The Morgan fingerprint density at radius 1 is 0.328 bits per heavy atom. The zero-order chi connectivity index (χ0) is 47.7. The summed E-state index contributed by atoms with van der Waals surface area (Å²) in [6.45, 7) is 4.55. The van der Waals surface area contributed by atoms with Crippen molar-refractivity contribution in [1.82, 2.24) is 0 Å². The summed E-state index contributed by atoms with van der Waals surface area (Å²) in [6.07, 6.45) is 47.0. The van der Waals surface area contributed by atoms with Gasteiger partial charge in [0, 0.05) is 12.8 Å². The van der Waals surface area contributed by atoms with Crippen molar-refractivity contribution in [2.24, 2.45) is 0 Å². The second kappa shape index (κ2) is 36.6. The van der Waals surface area contributed by atoms with Gasteiger partial charge in [0.05, 0.1) is 22.7 Å². The van der Waals surface area contributed by atoms with Gasteiger partial charge in [-0.05, 0) is 37.1 Å². The number of unbranched alkanes of at least 4 members (excludes halogenated alkanes) is 34. The number of benzene rings is 2. The maximum Gasteiger partial charge on any atom is 2.00 e. The molecule has 0 unspecified atom stereocenters. The first kappa shape index (κ1) is 61.8. The van der Waals surface area contributed by atoms with E-state index in [-0.39, 0.29) is 50.6 Å². The van der Waals surface area contributed by atoms with Gasteiger partial charge in [-0.2, -0.15) is 0 Å². The standard InChI is InChI=1S/2C27H48N2O3S.Ca/c2*1-2-3-4-5-6-7-8-9-10-11-12-13-14-15-16-17-18-21-24-27(33(30,31)32)28-25-22-19-20-23-26(25)29-27;/h2*19-20,22-23,28-29H,2-18,21,24H2,1H3,(H,30,31,32);/q;;+2/p-2. The molecule has 0 spiro atoms. The van der Waals surface area contributed by atoms with Crippen molar-refractivity contribution in [2.45, 2.75) is 268 Å². The van der Waals surface area contributed by atoms with Crippen molar-refractivity contribution in [3.8, 4) is 0 Å². The molecule has 2 aliphatic heterocycles. The first-order valence-corrected chi connectivity index (χ1v) is 30.0. The summed E-state index contributed by atoms with van der Waals surface area (Å²) in [5, 5.41) is 11.7. The van der Waals surface area contributed by atoms with Crippen molar-refractivity contribution in [3.05, 3.63) is 48.5 Å². The Bertz CT molecular complexity index is 1590. The second-order valence-corrected chi connectivity index (χ2v) is 22.9. The van der Waals surface area contributed by atoms with Crippen LogP contribution in [0.1, 0.15) is 258 Å². The van der Waals surface area contributed by atoms with Crippen LogP contribution in [0.15, 0.2) is 48.5 Å². The topological polar surface area (TPSA) is 163 Å². The normalized spacial score (nSPS) is 14.4. The summed E-state index contributed by atoms with van der Waals surface area (Å²) >= 11 is 0. The maximum absolute atomic E-state index is 12.0. The minimum Gasteiger partial charge on any atom is -0.745 e. The molecule has 13 heteroatoms. The van der Waals surface area contributed by atoms with Gasteiger partial charge in [0.1, 0.15) is 20.2 Å². The van der Waals surface area contributed by atoms with E-state index < -0.39 is 30.2 Å². The molecule has 0 amide bonds. The molecule has 0 atom stereocenters. The largest absolute Gasteiger partial charge is 2.00 e. The minimum absolute atomic E-state index is 0. The van der Waals surface area contributed by atoms with Crippen molar-refractivity contribution in [1.29, 1.82) is 0 Å². The summed E-state index contributed by atoms with van der Waals surface area (Å²) in [5.41, 5.74) is 2.72. The fourth-order valence-corrected chi connectivity index (χ4v) is 11.4. The number of fused-ring (bicyclic) bond motifs is 2. The van der Waals surface area contributed by atoms with Gasteiger partial charge >= 0.3 is 37.7 Å². The van der Waals surface area contributed by atoms with Crippen molar-refractivity contribution >= 4 is 80.7 Å². The van der Waals surface area contributed by atoms with E-state index >= 15 is 0 Å². The number of hydrogen-bond acceptors (Lipinski definition) is 10. The van der Waals surface area contributed by atoms with Crippen molar-refractivity contribution < 1.29 is 25.9 Å². The summed E-state index contributed by atoms with van der Waals surface area (Å²) in [6, 6.07) is 14.5. The summed E-state index contributed by atoms with van der Waals surface area (Å²) < 4.78 is 71.7. The number of nitrogens with one attached hydrogen (secondary N) is 4. The van der Waals surface area contributed by atoms with Crippen LogP contribution in [0.5, 0.6) is 0 Å². The Kier molecular flexibility index (Phi) is 33.8. The average molecular weight is 1000 g/mol. The van der Waals surface area contributed by atoms with Gasteiger partial charge in [-0.3, -0.25) is 0 Å². The fourth-order valence-electron chi connectivity index (χ4n) is 9.64. The molecule has 2 aromatic carbocycles. The molecule has 4 rings (SSSR count). The molecule has 2 aliphatic rings. The van der Waals surface area contributed by atoms with Crippen LogP contribution in [0.2, 0.25) is 0 Å². The Morgan fingerprint density at radius 2 is 0.493 bits per heavy atom. The van der Waals surface area contributed by atoms with Crippen LogP contribution in [-0.2, 0) is 20.2 Å². The minimum atomic E-state index is -4.53. The third-order valence-corrected chi connectivity index (χ3v) is 16.3. The number of hydrogen-bond donors (Lipinski definition) is 4. The molecular formula is C54H94CaN4O6S2. The van der Waals surface area contributed by atoms with E-state index in [1.54, 1.807) is 24.3 Å². The van der Waals surface area contributed by atoms with Crippen LogP contribution in [-0.4, -0.2) is 73.7 Å². The van der Waals surface area contributed by atoms with Crippen LogP contribution in [0.4, 0.5) is 22.7 Å². The molecule has 10 nitrogen and oxygen atoms in total. The maximum atomic E-state index is 12.0. The summed E-state index contributed by atoms with van der Waals surface area (Å²) in [4.78, 5) is -3.21. The van der Waals surface area contributed by atoms with Crippen LogP contribution >= 0.6 is 0 Å². The van der Waals surface area contributed by atoms with Gasteiger partial charge in [0.2, 0.25) is 9.99 Å². The summed E-state index contributed by atoms with van der Waals surface area (Å²) in [7, 11) is -9.05. The van der Waals surface area contributed by atoms with Gasteiger partial charge < -0.3 is 30.4 Å². The van der Waals surface area contributed by atoms with Crippen LogP contribution < -0.4 is 21.3 Å².